The van der Waals surface area contributed by atoms with E-state index in [0.717, 1.165) is 5.56 Å². The van der Waals surface area contributed by atoms with E-state index in [2.05, 4.69) is 26.6 Å². The SMILES string of the molecule is CC[C@H](C)[C@@H](NC(=O)[C@H](CC(C)C)NC(=O)[C@@H](CC(C)C)NC(=O)[C@@H](CC(C)C)NC(=O)[C@H](NC(=O)[C@@H](N)Cc1ccc(O)cc1)C(C)C)C(=O)O. The molecule has 5 amide bonds. The Kier molecular flexibility index (Phi) is 19.4. The molecule has 294 valence electrons. The summed E-state index contributed by atoms with van der Waals surface area (Å²) in [6, 6.07) is -0.0103. The molecule has 0 saturated heterocycles. The zero-order chi connectivity index (χ0) is 39.9. The summed E-state index contributed by atoms with van der Waals surface area (Å²) in [6.07, 6.45) is 1.39. The minimum Gasteiger partial charge on any atom is -0.508 e. The lowest BCUT2D eigenvalue weighted by atomic mass is 9.96. The second kappa shape index (κ2) is 22.0. The summed E-state index contributed by atoms with van der Waals surface area (Å²) in [5.74, 6) is -4.88. The largest absolute Gasteiger partial charge is 0.508 e. The molecule has 0 spiro atoms. The Hall–Kier alpha value is -4.20. The molecule has 1 aromatic rings. The Labute approximate surface area is 309 Å². The molecule has 0 aliphatic rings. The topological polar surface area (TPSA) is 229 Å². The van der Waals surface area contributed by atoms with Crippen LogP contribution in [0.5, 0.6) is 5.75 Å². The van der Waals surface area contributed by atoms with Crippen LogP contribution in [-0.4, -0.2) is 82.0 Å². The van der Waals surface area contributed by atoms with Gasteiger partial charge in [0, 0.05) is 0 Å². The highest BCUT2D eigenvalue weighted by molar-refractivity contribution is 5.96. The molecular formula is C38H64N6O8. The lowest BCUT2D eigenvalue weighted by Gasteiger charge is -2.29. The lowest BCUT2D eigenvalue weighted by molar-refractivity contribution is -0.144. The first-order chi connectivity index (χ1) is 24.2. The van der Waals surface area contributed by atoms with E-state index in [1.165, 1.54) is 12.1 Å². The standard InChI is InChI=1S/C38H64N6O8/c1-11-24(10)32(38(51)52)44-36(49)30(18-22(6)7)41-34(47)28(16-20(2)3)40-35(48)29(17-21(4)5)42-37(50)31(23(8)9)43-33(46)27(39)19-25-12-14-26(45)15-13-25/h12-15,20-24,27-32,45H,11,16-19,39H2,1-10H3,(H,40,48)(H,41,47)(H,42,50)(H,43,46)(H,44,49)(H,51,52)/t24-,27-,28+,29+,30-,31+,32+/m0/s1. The molecular weight excluding hydrogens is 668 g/mol. The zero-order valence-electron chi connectivity index (χ0n) is 32.6. The Morgan fingerprint density at radius 1 is 0.596 bits per heavy atom. The van der Waals surface area contributed by atoms with Crippen LogP contribution in [-0.2, 0) is 35.2 Å². The molecule has 0 saturated carbocycles. The molecule has 9 N–H and O–H groups in total. The minimum atomic E-state index is -1.17. The first kappa shape index (κ1) is 45.8. The average molecular weight is 733 g/mol. The van der Waals surface area contributed by atoms with Crippen molar-refractivity contribution >= 4 is 35.5 Å². The number of phenols is 1. The van der Waals surface area contributed by atoms with E-state index in [-0.39, 0.29) is 61.0 Å². The summed E-state index contributed by atoms with van der Waals surface area (Å²) in [5.41, 5.74) is 6.88. The highest BCUT2D eigenvalue weighted by Gasteiger charge is 2.35. The second-order valence-electron chi connectivity index (χ2n) is 15.5. The van der Waals surface area contributed by atoms with Crippen molar-refractivity contribution in [2.24, 2.45) is 35.3 Å². The molecule has 1 aromatic carbocycles. The molecule has 7 atom stereocenters. The number of hydrogen-bond donors (Lipinski definition) is 8. The van der Waals surface area contributed by atoms with Gasteiger partial charge in [-0.1, -0.05) is 87.8 Å². The fourth-order valence-corrected chi connectivity index (χ4v) is 5.63. The molecule has 0 radical (unpaired) electrons. The van der Waals surface area contributed by atoms with E-state index in [0.29, 0.717) is 6.42 Å². The highest BCUT2D eigenvalue weighted by atomic mass is 16.4. The number of phenolic OH excluding ortho intramolecular Hbond substituents is 1. The highest BCUT2D eigenvalue weighted by Crippen LogP contribution is 2.15. The number of amides is 5. The third-order valence-corrected chi connectivity index (χ3v) is 8.77. The summed E-state index contributed by atoms with van der Waals surface area (Å²) in [4.78, 5) is 79.5. The van der Waals surface area contributed by atoms with Gasteiger partial charge in [-0.05, 0) is 73.0 Å². The number of nitrogens with one attached hydrogen (secondary N) is 5. The van der Waals surface area contributed by atoms with Crippen LogP contribution >= 0.6 is 0 Å². The number of rotatable bonds is 22. The van der Waals surface area contributed by atoms with Gasteiger partial charge in [0.15, 0.2) is 0 Å². The molecule has 0 aliphatic heterocycles. The van der Waals surface area contributed by atoms with Crippen molar-refractivity contribution in [1.29, 1.82) is 0 Å². The van der Waals surface area contributed by atoms with Gasteiger partial charge >= 0.3 is 5.97 Å². The smallest absolute Gasteiger partial charge is 0.326 e. The second-order valence-corrected chi connectivity index (χ2v) is 15.5. The van der Waals surface area contributed by atoms with Gasteiger partial charge in [0.2, 0.25) is 29.5 Å². The molecule has 52 heavy (non-hydrogen) atoms. The summed E-state index contributed by atoms with van der Waals surface area (Å²) in [6.45, 7) is 18.3. The predicted octanol–water partition coefficient (Wildman–Crippen LogP) is 2.61. The van der Waals surface area contributed by atoms with Gasteiger partial charge in [0.25, 0.3) is 0 Å². The normalized spacial score (nSPS) is 15.6. The van der Waals surface area contributed by atoms with Gasteiger partial charge in [-0.2, -0.15) is 0 Å². The number of benzene rings is 1. The monoisotopic (exact) mass is 732 g/mol. The van der Waals surface area contributed by atoms with Crippen LogP contribution in [0, 0.1) is 29.6 Å². The molecule has 0 bridgehead atoms. The third-order valence-electron chi connectivity index (χ3n) is 8.77. The third kappa shape index (κ3) is 16.0. The maximum absolute atomic E-state index is 13.8. The van der Waals surface area contributed by atoms with Crippen LogP contribution in [0.3, 0.4) is 0 Å². The van der Waals surface area contributed by atoms with E-state index in [1.807, 2.05) is 48.5 Å². The van der Waals surface area contributed by atoms with Gasteiger partial charge < -0.3 is 42.5 Å². The van der Waals surface area contributed by atoms with Crippen molar-refractivity contribution in [3.05, 3.63) is 29.8 Å². The van der Waals surface area contributed by atoms with Crippen molar-refractivity contribution in [3.8, 4) is 5.75 Å². The fraction of sp³-hybridized carbons (Fsp3) is 0.684. The first-order valence-corrected chi connectivity index (χ1v) is 18.4. The number of aliphatic carboxylic acids is 1. The Balaban J connectivity index is 3.19. The van der Waals surface area contributed by atoms with Crippen LogP contribution in [0.15, 0.2) is 24.3 Å². The maximum Gasteiger partial charge on any atom is 0.326 e. The van der Waals surface area contributed by atoms with E-state index in [1.54, 1.807) is 32.9 Å². The van der Waals surface area contributed by atoms with Gasteiger partial charge in [-0.3, -0.25) is 24.0 Å². The fourth-order valence-electron chi connectivity index (χ4n) is 5.63. The summed E-state index contributed by atoms with van der Waals surface area (Å²) in [7, 11) is 0. The molecule has 0 aliphatic carbocycles. The quantitative estimate of drug-likeness (QED) is 0.0875. The van der Waals surface area contributed by atoms with Crippen LogP contribution in [0.2, 0.25) is 0 Å². The minimum absolute atomic E-state index is 0.0246. The average Bonchev–Trinajstić information content (AvgIpc) is 3.04. The first-order valence-electron chi connectivity index (χ1n) is 18.4. The maximum atomic E-state index is 13.8. The van der Waals surface area contributed by atoms with Crippen molar-refractivity contribution in [2.45, 2.75) is 138 Å². The van der Waals surface area contributed by atoms with Gasteiger partial charge in [-0.25, -0.2) is 4.79 Å². The molecule has 1 rings (SSSR count). The predicted molar refractivity (Wildman–Crippen MR) is 200 cm³/mol. The van der Waals surface area contributed by atoms with E-state index < -0.39 is 71.8 Å². The van der Waals surface area contributed by atoms with Crippen LogP contribution < -0.4 is 32.3 Å². The zero-order valence-corrected chi connectivity index (χ0v) is 32.6. The van der Waals surface area contributed by atoms with Gasteiger partial charge in [0.1, 0.15) is 36.0 Å². The van der Waals surface area contributed by atoms with Crippen molar-refractivity contribution in [2.75, 3.05) is 0 Å². The molecule has 14 nitrogen and oxygen atoms in total. The lowest BCUT2D eigenvalue weighted by Crippen LogP contribution is -2.60. The number of nitrogens with two attached hydrogens (primary N) is 1. The Morgan fingerprint density at radius 2 is 0.981 bits per heavy atom. The molecule has 0 aromatic heterocycles. The van der Waals surface area contributed by atoms with E-state index in [4.69, 9.17) is 5.73 Å². The van der Waals surface area contributed by atoms with E-state index >= 15 is 0 Å². The van der Waals surface area contributed by atoms with Crippen molar-refractivity contribution in [1.82, 2.24) is 26.6 Å². The van der Waals surface area contributed by atoms with E-state index in [9.17, 15) is 39.0 Å². The van der Waals surface area contributed by atoms with Gasteiger partial charge in [-0.15, -0.1) is 0 Å². The van der Waals surface area contributed by atoms with Crippen molar-refractivity contribution < 1.29 is 39.0 Å². The number of carbonyl (C=O) groups is 6. The van der Waals surface area contributed by atoms with Crippen LogP contribution in [0.1, 0.15) is 100 Å². The molecule has 0 heterocycles. The Bertz CT molecular complexity index is 1330. The number of carboxylic acid groups (broad SMARTS) is 1. The Morgan fingerprint density at radius 3 is 1.35 bits per heavy atom. The van der Waals surface area contributed by atoms with Crippen LogP contribution in [0.25, 0.3) is 0 Å². The number of aromatic hydroxyl groups is 1. The van der Waals surface area contributed by atoms with Gasteiger partial charge in [0.05, 0.1) is 6.04 Å². The molecule has 14 heteroatoms. The summed E-state index contributed by atoms with van der Waals surface area (Å²) >= 11 is 0. The molecule has 0 fully saturated rings. The van der Waals surface area contributed by atoms with Crippen molar-refractivity contribution in [3.63, 3.8) is 0 Å². The number of carboxylic acids is 1. The summed E-state index contributed by atoms with van der Waals surface area (Å²) in [5, 5.41) is 32.8. The van der Waals surface area contributed by atoms with Crippen LogP contribution in [0.4, 0.5) is 0 Å². The molecule has 0 unspecified atom stereocenters. The number of hydrogen-bond acceptors (Lipinski definition) is 8. The number of carbonyl (C=O) groups excluding carboxylic acids is 5. The summed E-state index contributed by atoms with van der Waals surface area (Å²) < 4.78 is 0.